The average molecular weight is 448 g/mol. The van der Waals surface area contributed by atoms with Crippen molar-refractivity contribution in [2.45, 2.75) is 64.6 Å². The van der Waals surface area contributed by atoms with Gasteiger partial charge in [-0.1, -0.05) is 57.2 Å². The van der Waals surface area contributed by atoms with E-state index in [4.69, 9.17) is 0 Å². The van der Waals surface area contributed by atoms with Crippen LogP contribution >= 0.6 is 0 Å². The molecule has 7 nitrogen and oxygen atoms in total. The standard InChI is InChI=1S/C26H29N3O4/c1-26(2,3)19-7-4-16(5-8-19)13-23(31)27-14-17-6-9-20-18(12-17)15-29(25(20)33)21-10-11-22(30)28-24(21)32/h4-9,12,21H,10-11,13-15H2,1-3H3,(H,27,31)(H,28,30,32). The molecule has 4 rings (SSSR count). The van der Waals surface area contributed by atoms with Gasteiger partial charge in [0.1, 0.15) is 6.04 Å². The topological polar surface area (TPSA) is 95.6 Å². The van der Waals surface area contributed by atoms with Crippen LogP contribution < -0.4 is 10.6 Å². The van der Waals surface area contributed by atoms with E-state index in [-0.39, 0.29) is 29.6 Å². The zero-order valence-corrected chi connectivity index (χ0v) is 19.2. The fourth-order valence-corrected chi connectivity index (χ4v) is 4.31. The van der Waals surface area contributed by atoms with Crippen molar-refractivity contribution in [1.29, 1.82) is 0 Å². The van der Waals surface area contributed by atoms with Gasteiger partial charge in [-0.05, 0) is 40.2 Å². The predicted octanol–water partition coefficient (Wildman–Crippen LogP) is 2.60. The summed E-state index contributed by atoms with van der Waals surface area (Å²) in [6, 6.07) is 12.9. The third-order valence-corrected chi connectivity index (χ3v) is 6.26. The monoisotopic (exact) mass is 447 g/mol. The Balaban J connectivity index is 1.35. The minimum atomic E-state index is -0.629. The Kier molecular flexibility index (Phi) is 6.06. The molecule has 1 saturated heterocycles. The first-order valence-corrected chi connectivity index (χ1v) is 11.2. The molecule has 0 spiro atoms. The minimum absolute atomic E-state index is 0.0692. The van der Waals surface area contributed by atoms with Crippen molar-refractivity contribution in [3.05, 3.63) is 70.3 Å². The van der Waals surface area contributed by atoms with Crippen LogP contribution in [-0.2, 0) is 39.3 Å². The molecule has 0 aromatic heterocycles. The summed E-state index contributed by atoms with van der Waals surface area (Å²) >= 11 is 0. The number of benzene rings is 2. The molecule has 4 amide bonds. The second-order valence-electron chi connectivity index (χ2n) is 9.79. The van der Waals surface area contributed by atoms with Gasteiger partial charge in [0.15, 0.2) is 0 Å². The summed E-state index contributed by atoms with van der Waals surface area (Å²) in [5.41, 5.74) is 4.54. The molecule has 0 saturated carbocycles. The molecule has 0 radical (unpaired) electrons. The number of nitrogens with one attached hydrogen (secondary N) is 2. The number of nitrogens with zero attached hydrogens (tertiary/aromatic N) is 1. The molecular weight excluding hydrogens is 418 g/mol. The maximum atomic E-state index is 12.8. The Hall–Kier alpha value is -3.48. The fourth-order valence-electron chi connectivity index (χ4n) is 4.31. The molecule has 1 fully saturated rings. The normalized spacial score (nSPS) is 18.2. The lowest BCUT2D eigenvalue weighted by Gasteiger charge is -2.29. The van der Waals surface area contributed by atoms with E-state index in [0.29, 0.717) is 31.5 Å². The Labute approximate surface area is 193 Å². The summed E-state index contributed by atoms with van der Waals surface area (Å²) in [7, 11) is 0. The van der Waals surface area contributed by atoms with Crippen LogP contribution in [0.3, 0.4) is 0 Å². The summed E-state index contributed by atoms with van der Waals surface area (Å²) in [6.45, 7) is 7.15. The summed E-state index contributed by atoms with van der Waals surface area (Å²) in [5, 5.41) is 5.25. The first-order valence-electron chi connectivity index (χ1n) is 11.2. The van der Waals surface area contributed by atoms with Crippen LogP contribution in [0.25, 0.3) is 0 Å². The summed E-state index contributed by atoms with van der Waals surface area (Å²) in [6.07, 6.45) is 0.869. The van der Waals surface area contributed by atoms with E-state index < -0.39 is 11.9 Å². The highest BCUT2D eigenvalue weighted by atomic mass is 16.2. The van der Waals surface area contributed by atoms with E-state index in [9.17, 15) is 19.2 Å². The lowest BCUT2D eigenvalue weighted by molar-refractivity contribution is -0.137. The van der Waals surface area contributed by atoms with Crippen molar-refractivity contribution in [3.63, 3.8) is 0 Å². The molecular formula is C26H29N3O4. The van der Waals surface area contributed by atoms with E-state index in [1.165, 1.54) is 10.5 Å². The zero-order chi connectivity index (χ0) is 23.8. The Morgan fingerprint density at radius 1 is 1.06 bits per heavy atom. The Morgan fingerprint density at radius 2 is 1.76 bits per heavy atom. The summed E-state index contributed by atoms with van der Waals surface area (Å²) < 4.78 is 0. The first kappa shape index (κ1) is 22.7. The maximum Gasteiger partial charge on any atom is 0.255 e. The molecule has 0 bridgehead atoms. The van der Waals surface area contributed by atoms with Gasteiger partial charge in [-0.3, -0.25) is 24.5 Å². The number of imide groups is 1. The van der Waals surface area contributed by atoms with Crippen molar-refractivity contribution in [1.82, 2.24) is 15.5 Å². The van der Waals surface area contributed by atoms with E-state index in [1.54, 1.807) is 6.07 Å². The molecule has 1 unspecified atom stereocenters. The molecule has 0 aliphatic carbocycles. The molecule has 7 heteroatoms. The van der Waals surface area contributed by atoms with Crippen LogP contribution in [-0.4, -0.2) is 34.6 Å². The lowest BCUT2D eigenvalue weighted by Crippen LogP contribution is -2.52. The molecule has 172 valence electrons. The number of piperidine rings is 1. The molecule has 2 N–H and O–H groups in total. The quantitative estimate of drug-likeness (QED) is 0.689. The zero-order valence-electron chi connectivity index (χ0n) is 19.2. The van der Waals surface area contributed by atoms with E-state index in [1.807, 2.05) is 24.3 Å². The smallest absolute Gasteiger partial charge is 0.255 e. The van der Waals surface area contributed by atoms with Crippen molar-refractivity contribution >= 4 is 23.6 Å². The van der Waals surface area contributed by atoms with Gasteiger partial charge >= 0.3 is 0 Å². The van der Waals surface area contributed by atoms with Gasteiger partial charge in [0.05, 0.1) is 6.42 Å². The third-order valence-electron chi connectivity index (χ3n) is 6.26. The van der Waals surface area contributed by atoms with Crippen LogP contribution in [0.2, 0.25) is 0 Å². The van der Waals surface area contributed by atoms with Gasteiger partial charge in [-0.25, -0.2) is 0 Å². The number of rotatable bonds is 5. The van der Waals surface area contributed by atoms with Crippen molar-refractivity contribution in [2.75, 3.05) is 0 Å². The van der Waals surface area contributed by atoms with E-state index in [2.05, 4.69) is 43.5 Å². The predicted molar refractivity (Wildman–Crippen MR) is 123 cm³/mol. The molecule has 2 aromatic carbocycles. The van der Waals surface area contributed by atoms with Crippen LogP contribution in [0.1, 0.15) is 66.2 Å². The largest absolute Gasteiger partial charge is 0.352 e. The summed E-state index contributed by atoms with van der Waals surface area (Å²) in [5.74, 6) is -0.993. The second kappa shape index (κ2) is 8.81. The number of amides is 4. The molecule has 2 aromatic rings. The van der Waals surface area contributed by atoms with Crippen molar-refractivity contribution < 1.29 is 19.2 Å². The number of hydrogen-bond donors (Lipinski definition) is 2. The van der Waals surface area contributed by atoms with E-state index >= 15 is 0 Å². The van der Waals surface area contributed by atoms with Crippen LogP contribution in [0.15, 0.2) is 42.5 Å². The van der Waals surface area contributed by atoms with Gasteiger partial charge < -0.3 is 10.2 Å². The molecule has 1 atom stereocenters. The average Bonchev–Trinajstić information content (AvgIpc) is 3.07. The number of carbonyl (C=O) groups excluding carboxylic acids is 4. The second-order valence-corrected chi connectivity index (χ2v) is 9.79. The van der Waals surface area contributed by atoms with Crippen LogP contribution in [0.5, 0.6) is 0 Å². The minimum Gasteiger partial charge on any atom is -0.352 e. The highest BCUT2D eigenvalue weighted by molar-refractivity contribution is 6.05. The summed E-state index contributed by atoms with van der Waals surface area (Å²) in [4.78, 5) is 50.3. The fraction of sp³-hybridized carbons (Fsp3) is 0.385. The van der Waals surface area contributed by atoms with Crippen molar-refractivity contribution in [3.8, 4) is 0 Å². The van der Waals surface area contributed by atoms with Gasteiger partial charge in [0.25, 0.3) is 5.91 Å². The highest BCUT2D eigenvalue weighted by Gasteiger charge is 2.39. The Morgan fingerprint density at radius 3 is 2.42 bits per heavy atom. The van der Waals surface area contributed by atoms with Crippen LogP contribution in [0, 0.1) is 0 Å². The molecule has 2 aliphatic heterocycles. The van der Waals surface area contributed by atoms with Crippen molar-refractivity contribution in [2.24, 2.45) is 0 Å². The molecule has 2 heterocycles. The van der Waals surface area contributed by atoms with Gasteiger partial charge in [0.2, 0.25) is 17.7 Å². The number of hydrogen-bond acceptors (Lipinski definition) is 4. The van der Waals surface area contributed by atoms with Gasteiger partial charge in [0, 0.05) is 25.1 Å². The molecule has 33 heavy (non-hydrogen) atoms. The first-order chi connectivity index (χ1) is 15.6. The lowest BCUT2D eigenvalue weighted by atomic mass is 9.86. The number of fused-ring (bicyclic) bond motifs is 1. The van der Waals surface area contributed by atoms with Crippen LogP contribution in [0.4, 0.5) is 0 Å². The molecule has 2 aliphatic rings. The Bertz CT molecular complexity index is 1120. The van der Waals surface area contributed by atoms with E-state index in [0.717, 1.165) is 16.7 Å². The number of carbonyl (C=O) groups is 4. The maximum absolute atomic E-state index is 12.8. The van der Waals surface area contributed by atoms with Gasteiger partial charge in [-0.15, -0.1) is 0 Å². The third kappa shape index (κ3) is 4.97. The van der Waals surface area contributed by atoms with Gasteiger partial charge in [-0.2, -0.15) is 0 Å². The highest BCUT2D eigenvalue weighted by Crippen LogP contribution is 2.28. The SMILES string of the molecule is CC(C)(C)c1ccc(CC(=O)NCc2ccc3c(c2)CN(C2CCC(=O)NC2=O)C3=O)cc1.